The number of aldehydes is 1. The van der Waals surface area contributed by atoms with Gasteiger partial charge in [-0.05, 0) is 54.8 Å². The molecule has 0 spiro atoms. The third kappa shape index (κ3) is 5.07. The lowest BCUT2D eigenvalue weighted by molar-refractivity contribution is -0.137. The van der Waals surface area contributed by atoms with Crippen LogP contribution in [0, 0.1) is 0 Å². The van der Waals surface area contributed by atoms with Crippen LogP contribution in [0.1, 0.15) is 36.8 Å². The summed E-state index contributed by atoms with van der Waals surface area (Å²) in [5, 5.41) is 2.72. The van der Waals surface area contributed by atoms with Crippen LogP contribution in [0.3, 0.4) is 0 Å². The second-order valence-electron chi connectivity index (χ2n) is 8.36. The van der Waals surface area contributed by atoms with E-state index in [1.807, 2.05) is 6.07 Å². The molecule has 2 amide bonds. The van der Waals surface area contributed by atoms with Crippen molar-refractivity contribution < 1.29 is 32.2 Å². The second kappa shape index (κ2) is 9.33. The molecular formula is C24H25F3N2O4. The molecule has 2 unspecified atom stereocenters. The number of nitrogens with zero attached hydrogens (tertiary/aromatic N) is 1. The summed E-state index contributed by atoms with van der Waals surface area (Å²) in [6.45, 7) is 0. The topological polar surface area (TPSA) is 67.9 Å². The van der Waals surface area contributed by atoms with Crippen molar-refractivity contribution in [2.45, 2.75) is 56.5 Å². The van der Waals surface area contributed by atoms with Crippen molar-refractivity contribution in [2.75, 3.05) is 12.4 Å². The number of benzene rings is 2. The van der Waals surface area contributed by atoms with Gasteiger partial charge in [-0.1, -0.05) is 6.07 Å². The summed E-state index contributed by atoms with van der Waals surface area (Å²) in [7, 11) is 1.55. The molecule has 0 aromatic heterocycles. The first-order valence-electron chi connectivity index (χ1n) is 10.8. The van der Waals surface area contributed by atoms with Crippen molar-refractivity contribution in [1.29, 1.82) is 0 Å². The van der Waals surface area contributed by atoms with E-state index < -0.39 is 11.7 Å². The zero-order valence-corrected chi connectivity index (χ0v) is 18.1. The molecular weight excluding hydrogens is 437 g/mol. The van der Waals surface area contributed by atoms with Crippen LogP contribution < -0.4 is 14.8 Å². The zero-order valence-electron chi connectivity index (χ0n) is 18.1. The molecule has 3 atom stereocenters. The number of hydrogen-bond donors (Lipinski definition) is 1. The molecule has 2 bridgehead atoms. The Morgan fingerprint density at radius 2 is 1.76 bits per heavy atom. The number of fused-ring (bicyclic) bond motifs is 2. The number of carbonyl (C=O) groups excluding carboxylic acids is 2. The fraction of sp³-hybridized carbons (Fsp3) is 0.417. The van der Waals surface area contributed by atoms with Gasteiger partial charge in [0.05, 0.1) is 12.7 Å². The molecule has 33 heavy (non-hydrogen) atoms. The van der Waals surface area contributed by atoms with Crippen LogP contribution in [0.25, 0.3) is 0 Å². The Morgan fingerprint density at radius 3 is 2.33 bits per heavy atom. The van der Waals surface area contributed by atoms with Crippen LogP contribution >= 0.6 is 0 Å². The van der Waals surface area contributed by atoms with E-state index in [1.54, 1.807) is 24.1 Å². The van der Waals surface area contributed by atoms with E-state index in [9.17, 15) is 22.8 Å². The van der Waals surface area contributed by atoms with Crippen LogP contribution in [0.15, 0.2) is 42.5 Å². The number of halogens is 3. The summed E-state index contributed by atoms with van der Waals surface area (Å²) in [5.74, 6) is 1.16. The molecule has 176 valence electrons. The molecule has 2 heterocycles. The standard InChI is InChI=1S/C24H25F3N2O4/c1-32-22-12-15(10-11-30)2-9-21(22)33-20-13-18-7-8-19(14-20)29(18)23(31)28-17-5-3-16(4-6-17)24(25,26)27/h2-6,9,11-12,18-20H,7-8,10,13-14H2,1H3,(H,28,31)/t18-,19?,20?/m0/s1. The molecule has 6 nitrogen and oxygen atoms in total. The average molecular weight is 462 g/mol. The molecule has 0 aliphatic carbocycles. The van der Waals surface area contributed by atoms with E-state index in [-0.39, 0.29) is 24.2 Å². The molecule has 0 saturated carbocycles. The summed E-state index contributed by atoms with van der Waals surface area (Å²) in [5.41, 5.74) is 0.406. The Balaban J connectivity index is 1.39. The molecule has 1 N–H and O–H groups in total. The van der Waals surface area contributed by atoms with Crippen LogP contribution in [-0.2, 0) is 17.4 Å². The first-order chi connectivity index (χ1) is 15.8. The summed E-state index contributed by atoms with van der Waals surface area (Å²) >= 11 is 0. The maximum Gasteiger partial charge on any atom is 0.416 e. The number of ether oxygens (including phenoxy) is 2. The highest BCUT2D eigenvalue weighted by molar-refractivity contribution is 5.90. The Morgan fingerprint density at radius 1 is 1.09 bits per heavy atom. The largest absolute Gasteiger partial charge is 0.493 e. The van der Waals surface area contributed by atoms with Gasteiger partial charge in [0.2, 0.25) is 0 Å². The normalized spacial score (nSPS) is 22.1. The van der Waals surface area contributed by atoms with Crippen molar-refractivity contribution in [3.05, 3.63) is 53.6 Å². The van der Waals surface area contributed by atoms with Crippen molar-refractivity contribution >= 4 is 18.0 Å². The van der Waals surface area contributed by atoms with Crippen LogP contribution in [0.2, 0.25) is 0 Å². The number of nitrogens with one attached hydrogen (secondary N) is 1. The molecule has 0 radical (unpaired) electrons. The molecule has 9 heteroatoms. The number of anilines is 1. The summed E-state index contributed by atoms with van der Waals surface area (Å²) in [6.07, 6.45) is -0.386. The number of amides is 2. The number of methoxy groups -OCH3 is 1. The lowest BCUT2D eigenvalue weighted by atomic mass is 10.00. The predicted octanol–water partition coefficient (Wildman–Crippen LogP) is 5.06. The number of piperidine rings is 1. The average Bonchev–Trinajstić information content (AvgIpc) is 3.05. The number of rotatable bonds is 6. The highest BCUT2D eigenvalue weighted by atomic mass is 19.4. The lowest BCUT2D eigenvalue weighted by Gasteiger charge is -2.39. The third-order valence-electron chi connectivity index (χ3n) is 6.23. The van der Waals surface area contributed by atoms with E-state index in [4.69, 9.17) is 9.47 Å². The molecule has 2 aliphatic rings. The highest BCUT2D eigenvalue weighted by Crippen LogP contribution is 2.39. The second-order valence-corrected chi connectivity index (χ2v) is 8.36. The predicted molar refractivity (Wildman–Crippen MR) is 116 cm³/mol. The van der Waals surface area contributed by atoms with E-state index >= 15 is 0 Å². The smallest absolute Gasteiger partial charge is 0.416 e. The maximum atomic E-state index is 12.9. The van der Waals surface area contributed by atoms with Gasteiger partial charge in [0.1, 0.15) is 12.4 Å². The Labute approximate surface area is 189 Å². The van der Waals surface area contributed by atoms with Crippen molar-refractivity contribution in [1.82, 2.24) is 4.90 Å². The number of carbonyl (C=O) groups is 2. The minimum Gasteiger partial charge on any atom is -0.493 e. The molecule has 2 aromatic rings. The molecule has 4 rings (SSSR count). The molecule has 2 aromatic carbocycles. The van der Waals surface area contributed by atoms with Crippen molar-refractivity contribution in [3.8, 4) is 11.5 Å². The van der Waals surface area contributed by atoms with Gasteiger partial charge < -0.3 is 24.5 Å². The van der Waals surface area contributed by atoms with Gasteiger partial charge in [0.15, 0.2) is 11.5 Å². The lowest BCUT2D eigenvalue weighted by Crippen LogP contribution is -2.50. The summed E-state index contributed by atoms with van der Waals surface area (Å²) < 4.78 is 49.9. The van der Waals surface area contributed by atoms with E-state index in [0.717, 1.165) is 36.8 Å². The molecule has 2 fully saturated rings. The van der Waals surface area contributed by atoms with Crippen molar-refractivity contribution in [3.63, 3.8) is 0 Å². The Bertz CT molecular complexity index is 996. The van der Waals surface area contributed by atoms with Gasteiger partial charge in [-0.3, -0.25) is 0 Å². The highest BCUT2D eigenvalue weighted by Gasteiger charge is 2.44. The molecule has 2 aliphatic heterocycles. The van der Waals surface area contributed by atoms with E-state index in [1.165, 1.54) is 12.1 Å². The summed E-state index contributed by atoms with van der Waals surface area (Å²) in [6, 6.07) is 9.51. The molecule has 2 saturated heterocycles. The van der Waals surface area contributed by atoms with Crippen LogP contribution in [0.4, 0.5) is 23.7 Å². The van der Waals surface area contributed by atoms with Gasteiger partial charge in [0, 0.05) is 37.0 Å². The first kappa shape index (κ1) is 22.9. The monoisotopic (exact) mass is 462 g/mol. The fourth-order valence-electron chi connectivity index (χ4n) is 4.70. The minimum absolute atomic E-state index is 0.0106. The Hall–Kier alpha value is -3.23. The van der Waals surface area contributed by atoms with Gasteiger partial charge in [0.25, 0.3) is 0 Å². The first-order valence-corrected chi connectivity index (χ1v) is 10.8. The third-order valence-corrected chi connectivity index (χ3v) is 6.23. The van der Waals surface area contributed by atoms with Gasteiger partial charge in [-0.2, -0.15) is 13.2 Å². The van der Waals surface area contributed by atoms with Gasteiger partial charge >= 0.3 is 12.2 Å². The zero-order chi connectivity index (χ0) is 23.6. The number of urea groups is 1. The Kier molecular flexibility index (Phi) is 6.49. The van der Waals surface area contributed by atoms with Crippen molar-refractivity contribution in [2.24, 2.45) is 0 Å². The quantitative estimate of drug-likeness (QED) is 0.610. The SMILES string of the molecule is COc1cc(CC=O)ccc1OC1CC2CC[C@@H](C1)N2C(=O)Nc1ccc(C(F)(F)F)cc1. The summed E-state index contributed by atoms with van der Waals surface area (Å²) in [4.78, 5) is 25.4. The number of hydrogen-bond acceptors (Lipinski definition) is 4. The van der Waals surface area contributed by atoms with E-state index in [2.05, 4.69) is 5.32 Å². The van der Waals surface area contributed by atoms with Crippen LogP contribution in [0.5, 0.6) is 11.5 Å². The van der Waals surface area contributed by atoms with E-state index in [0.29, 0.717) is 36.4 Å². The maximum absolute atomic E-state index is 12.9. The minimum atomic E-state index is -4.42. The van der Waals surface area contributed by atoms with Gasteiger partial charge in [-0.15, -0.1) is 0 Å². The number of alkyl halides is 3. The van der Waals surface area contributed by atoms with Crippen LogP contribution in [-0.4, -0.2) is 42.5 Å². The van der Waals surface area contributed by atoms with Gasteiger partial charge in [-0.25, -0.2) is 4.79 Å². The fourth-order valence-corrected chi connectivity index (χ4v) is 4.70.